The van der Waals surface area contributed by atoms with Crippen molar-refractivity contribution < 1.29 is 4.79 Å². The normalized spacial score (nSPS) is 15.0. The van der Waals surface area contributed by atoms with E-state index in [-0.39, 0.29) is 6.03 Å². The van der Waals surface area contributed by atoms with Gasteiger partial charge < -0.3 is 14.8 Å². The first-order valence-corrected chi connectivity index (χ1v) is 9.01. The molecule has 0 bridgehead atoms. The van der Waals surface area contributed by atoms with Crippen molar-refractivity contribution in [3.63, 3.8) is 0 Å². The van der Waals surface area contributed by atoms with Crippen LogP contribution in [0.3, 0.4) is 0 Å². The number of urea groups is 1. The Balaban J connectivity index is 1.66. The third-order valence-electron chi connectivity index (χ3n) is 4.47. The number of carbonyl (C=O) groups excluding carboxylic acids is 1. The Bertz CT molecular complexity index is 657. The molecule has 0 aliphatic heterocycles. The van der Waals surface area contributed by atoms with E-state index in [0.717, 1.165) is 18.7 Å². The summed E-state index contributed by atoms with van der Waals surface area (Å²) in [5.74, 6) is 0.872. The van der Waals surface area contributed by atoms with Gasteiger partial charge >= 0.3 is 6.03 Å². The topological polar surface area (TPSA) is 50.2 Å². The van der Waals surface area contributed by atoms with Crippen molar-refractivity contribution in [2.24, 2.45) is 7.05 Å². The molecule has 5 nitrogen and oxygen atoms in total. The van der Waals surface area contributed by atoms with Crippen molar-refractivity contribution in [1.82, 2.24) is 19.8 Å². The van der Waals surface area contributed by atoms with Crippen molar-refractivity contribution in [1.29, 1.82) is 0 Å². The summed E-state index contributed by atoms with van der Waals surface area (Å²) in [7, 11) is 1.94. The molecule has 3 rings (SSSR count). The first-order chi connectivity index (χ1) is 11.1. The van der Waals surface area contributed by atoms with Crippen molar-refractivity contribution in [2.75, 3.05) is 0 Å². The minimum atomic E-state index is 0.0194. The van der Waals surface area contributed by atoms with Gasteiger partial charge in [-0.2, -0.15) is 0 Å². The van der Waals surface area contributed by atoms with Crippen molar-refractivity contribution in [3.05, 3.63) is 40.1 Å². The number of rotatable bonds is 5. The third-order valence-corrected chi connectivity index (χ3v) is 5.45. The van der Waals surface area contributed by atoms with Gasteiger partial charge in [0, 0.05) is 35.2 Å². The second-order valence-corrected chi connectivity index (χ2v) is 7.56. The number of thiophene rings is 1. The summed E-state index contributed by atoms with van der Waals surface area (Å²) in [6.07, 6.45) is 8.31. The first kappa shape index (κ1) is 16.1. The zero-order valence-electron chi connectivity index (χ0n) is 13.8. The van der Waals surface area contributed by atoms with Gasteiger partial charge in [-0.05, 0) is 31.9 Å². The Kier molecular flexibility index (Phi) is 5.00. The number of amides is 2. The lowest BCUT2D eigenvalue weighted by Gasteiger charge is -2.28. The van der Waals surface area contributed by atoms with Crippen LogP contribution in [0.15, 0.2) is 24.5 Å². The zero-order chi connectivity index (χ0) is 16.2. The van der Waals surface area contributed by atoms with Gasteiger partial charge in [-0.15, -0.1) is 11.3 Å². The van der Waals surface area contributed by atoms with Gasteiger partial charge in [-0.3, -0.25) is 0 Å². The van der Waals surface area contributed by atoms with Crippen LogP contribution >= 0.6 is 11.3 Å². The maximum absolute atomic E-state index is 12.7. The van der Waals surface area contributed by atoms with Crippen LogP contribution in [0.2, 0.25) is 0 Å². The van der Waals surface area contributed by atoms with Gasteiger partial charge in [0.25, 0.3) is 0 Å². The molecule has 0 radical (unpaired) electrons. The lowest BCUT2D eigenvalue weighted by Crippen LogP contribution is -2.44. The average molecular weight is 332 g/mol. The maximum atomic E-state index is 12.7. The molecule has 2 heterocycles. The summed E-state index contributed by atoms with van der Waals surface area (Å²) >= 11 is 1.77. The number of carbonyl (C=O) groups is 1. The van der Waals surface area contributed by atoms with Crippen LogP contribution in [0, 0.1) is 6.92 Å². The third kappa shape index (κ3) is 3.93. The van der Waals surface area contributed by atoms with Crippen LogP contribution in [-0.2, 0) is 20.1 Å². The summed E-state index contributed by atoms with van der Waals surface area (Å²) in [6.45, 7) is 3.28. The molecule has 0 unspecified atom stereocenters. The van der Waals surface area contributed by atoms with Gasteiger partial charge in [0.1, 0.15) is 5.82 Å². The number of hydrogen-bond acceptors (Lipinski definition) is 3. The highest BCUT2D eigenvalue weighted by molar-refractivity contribution is 7.11. The Hall–Kier alpha value is -1.82. The number of aryl methyl sites for hydroxylation is 2. The molecular weight excluding hydrogens is 308 g/mol. The Morgan fingerprint density at radius 2 is 2.22 bits per heavy atom. The maximum Gasteiger partial charge on any atom is 0.318 e. The van der Waals surface area contributed by atoms with Gasteiger partial charge in [-0.1, -0.05) is 12.8 Å². The average Bonchev–Trinajstić information content (AvgIpc) is 3.25. The monoisotopic (exact) mass is 332 g/mol. The van der Waals surface area contributed by atoms with Gasteiger partial charge in [0.15, 0.2) is 0 Å². The van der Waals surface area contributed by atoms with Crippen LogP contribution < -0.4 is 5.32 Å². The van der Waals surface area contributed by atoms with Crippen LogP contribution in [0.25, 0.3) is 0 Å². The molecule has 0 atom stereocenters. The molecule has 1 aliphatic rings. The predicted octanol–water partition coefficient (Wildman–Crippen LogP) is 3.44. The molecule has 0 saturated heterocycles. The fourth-order valence-corrected chi connectivity index (χ4v) is 4.03. The van der Waals surface area contributed by atoms with E-state index in [0.29, 0.717) is 19.1 Å². The van der Waals surface area contributed by atoms with Crippen molar-refractivity contribution in [2.45, 2.75) is 51.7 Å². The molecule has 6 heteroatoms. The molecule has 2 aromatic rings. The molecule has 0 aromatic carbocycles. The zero-order valence-corrected chi connectivity index (χ0v) is 14.6. The second-order valence-electron chi connectivity index (χ2n) is 6.19. The van der Waals surface area contributed by atoms with E-state index in [4.69, 9.17) is 0 Å². The molecule has 1 saturated carbocycles. The molecule has 23 heavy (non-hydrogen) atoms. The molecule has 0 spiro atoms. The van der Waals surface area contributed by atoms with Gasteiger partial charge in [0.2, 0.25) is 0 Å². The van der Waals surface area contributed by atoms with E-state index in [1.54, 1.807) is 17.5 Å². The number of nitrogens with zero attached hydrogens (tertiary/aromatic N) is 3. The van der Waals surface area contributed by atoms with E-state index in [1.165, 1.54) is 22.6 Å². The molecule has 2 amide bonds. The fraction of sp³-hybridized carbons (Fsp3) is 0.529. The van der Waals surface area contributed by atoms with E-state index in [9.17, 15) is 4.79 Å². The Labute approximate surface area is 141 Å². The van der Waals surface area contributed by atoms with Crippen LogP contribution in [0.4, 0.5) is 4.79 Å². The molecule has 1 aliphatic carbocycles. The van der Waals surface area contributed by atoms with Crippen LogP contribution in [0.5, 0.6) is 0 Å². The number of imidazole rings is 1. The smallest absolute Gasteiger partial charge is 0.318 e. The summed E-state index contributed by atoms with van der Waals surface area (Å²) in [6, 6.07) is 4.64. The number of hydrogen-bond donors (Lipinski definition) is 1. The molecule has 124 valence electrons. The van der Waals surface area contributed by atoms with Gasteiger partial charge in [-0.25, -0.2) is 9.78 Å². The lowest BCUT2D eigenvalue weighted by molar-refractivity contribution is 0.171. The minimum absolute atomic E-state index is 0.0194. The van der Waals surface area contributed by atoms with Gasteiger partial charge in [0.05, 0.1) is 13.1 Å². The summed E-state index contributed by atoms with van der Waals surface area (Å²) in [4.78, 5) is 21.6. The van der Waals surface area contributed by atoms with Crippen LogP contribution in [-0.4, -0.2) is 26.5 Å². The molecular formula is C17H24N4OS. The standard InChI is InChI=1S/C17H24N4OS/c1-13-7-8-15(23-13)12-21(14-5-3-4-6-14)17(22)19-11-16-18-9-10-20(16)2/h7-10,14H,3-6,11-12H2,1-2H3,(H,19,22). The Morgan fingerprint density at radius 1 is 1.43 bits per heavy atom. The highest BCUT2D eigenvalue weighted by Gasteiger charge is 2.27. The largest absolute Gasteiger partial charge is 0.337 e. The fourth-order valence-electron chi connectivity index (χ4n) is 3.14. The number of nitrogens with one attached hydrogen (secondary N) is 1. The summed E-state index contributed by atoms with van der Waals surface area (Å²) < 4.78 is 1.93. The first-order valence-electron chi connectivity index (χ1n) is 8.19. The van der Waals surface area contributed by atoms with Crippen molar-refractivity contribution >= 4 is 17.4 Å². The summed E-state index contributed by atoms with van der Waals surface area (Å²) in [5.41, 5.74) is 0. The summed E-state index contributed by atoms with van der Waals surface area (Å²) in [5, 5.41) is 3.04. The highest BCUT2D eigenvalue weighted by atomic mass is 32.1. The van der Waals surface area contributed by atoms with E-state index >= 15 is 0 Å². The SMILES string of the molecule is Cc1ccc(CN(C(=O)NCc2nccn2C)C2CCCC2)s1. The van der Waals surface area contributed by atoms with Crippen molar-refractivity contribution in [3.8, 4) is 0 Å². The van der Waals surface area contributed by atoms with Crippen LogP contribution in [0.1, 0.15) is 41.3 Å². The molecule has 2 aromatic heterocycles. The van der Waals surface area contributed by atoms with E-state index in [2.05, 4.69) is 29.4 Å². The van der Waals surface area contributed by atoms with E-state index in [1.807, 2.05) is 22.7 Å². The highest BCUT2D eigenvalue weighted by Crippen LogP contribution is 2.26. The quantitative estimate of drug-likeness (QED) is 0.912. The number of aromatic nitrogens is 2. The lowest BCUT2D eigenvalue weighted by atomic mass is 10.2. The minimum Gasteiger partial charge on any atom is -0.337 e. The molecule has 1 fully saturated rings. The Morgan fingerprint density at radius 3 is 2.83 bits per heavy atom. The second kappa shape index (κ2) is 7.17. The molecule has 1 N–H and O–H groups in total. The van der Waals surface area contributed by atoms with E-state index < -0.39 is 0 Å². The predicted molar refractivity (Wildman–Crippen MR) is 92.3 cm³/mol.